The molecule has 0 bridgehead atoms. The number of thioether (sulfide) groups is 1. The van der Waals surface area contributed by atoms with Crippen LogP contribution in [0.3, 0.4) is 0 Å². The van der Waals surface area contributed by atoms with E-state index in [-0.39, 0.29) is 11.2 Å². The number of carbonyl (C=O) groups is 1. The third-order valence-corrected chi connectivity index (χ3v) is 5.43. The maximum Gasteiger partial charge on any atom is 0.277 e. The Bertz CT molecular complexity index is 714. The Morgan fingerprint density at radius 1 is 1.24 bits per heavy atom. The lowest BCUT2D eigenvalue weighted by atomic mass is 10.2. The van der Waals surface area contributed by atoms with E-state index in [4.69, 9.17) is 16.0 Å². The maximum atomic E-state index is 12.6. The van der Waals surface area contributed by atoms with Crippen LogP contribution in [-0.2, 0) is 4.79 Å². The van der Waals surface area contributed by atoms with E-state index in [9.17, 15) is 4.79 Å². The van der Waals surface area contributed by atoms with E-state index in [2.05, 4.69) is 22.0 Å². The summed E-state index contributed by atoms with van der Waals surface area (Å²) < 4.78 is 5.67. The number of amides is 1. The number of hydrogen-bond acceptors (Lipinski definition) is 6. The number of likely N-dealkylation sites (N-methyl/N-ethyl adjacent to an activating group) is 1. The van der Waals surface area contributed by atoms with Gasteiger partial charge in [-0.25, -0.2) is 0 Å². The SMILES string of the molecule is CCN1CCN(C(=O)C(C)Sc2nnc(-c3ccc(Cl)cc3)o2)CC1. The van der Waals surface area contributed by atoms with E-state index in [1.54, 1.807) is 12.1 Å². The van der Waals surface area contributed by atoms with Gasteiger partial charge in [0.05, 0.1) is 5.25 Å². The number of piperazine rings is 1. The molecular weight excluding hydrogens is 360 g/mol. The fraction of sp³-hybridized carbons (Fsp3) is 0.471. The zero-order chi connectivity index (χ0) is 17.8. The Hall–Kier alpha value is -1.57. The predicted molar refractivity (Wildman–Crippen MR) is 98.8 cm³/mol. The van der Waals surface area contributed by atoms with Gasteiger partial charge < -0.3 is 14.2 Å². The Kier molecular flexibility index (Phi) is 5.98. The van der Waals surface area contributed by atoms with Crippen LogP contribution in [-0.4, -0.2) is 63.9 Å². The van der Waals surface area contributed by atoms with Gasteiger partial charge in [-0.2, -0.15) is 0 Å². The zero-order valence-electron chi connectivity index (χ0n) is 14.3. The lowest BCUT2D eigenvalue weighted by molar-refractivity contribution is -0.132. The fourth-order valence-electron chi connectivity index (χ4n) is 2.71. The molecule has 0 N–H and O–H groups in total. The molecule has 1 amide bonds. The molecule has 1 aromatic carbocycles. The molecule has 1 aliphatic rings. The van der Waals surface area contributed by atoms with E-state index in [0.717, 1.165) is 38.3 Å². The summed E-state index contributed by atoms with van der Waals surface area (Å²) in [6, 6.07) is 7.20. The molecule has 0 saturated carbocycles. The molecule has 0 radical (unpaired) electrons. The van der Waals surface area contributed by atoms with Gasteiger partial charge in [-0.05, 0) is 37.7 Å². The van der Waals surface area contributed by atoms with E-state index < -0.39 is 0 Å². The lowest BCUT2D eigenvalue weighted by Crippen LogP contribution is -2.50. The van der Waals surface area contributed by atoms with Crippen molar-refractivity contribution in [2.75, 3.05) is 32.7 Å². The summed E-state index contributed by atoms with van der Waals surface area (Å²) in [6.45, 7) is 8.47. The third-order valence-electron chi connectivity index (χ3n) is 4.25. The second kappa shape index (κ2) is 8.21. The predicted octanol–water partition coefficient (Wildman–Crippen LogP) is 3.03. The summed E-state index contributed by atoms with van der Waals surface area (Å²) in [7, 11) is 0. The van der Waals surface area contributed by atoms with Crippen molar-refractivity contribution < 1.29 is 9.21 Å². The third kappa shape index (κ3) is 4.54. The first-order valence-electron chi connectivity index (χ1n) is 8.34. The van der Waals surface area contributed by atoms with E-state index in [1.807, 2.05) is 24.0 Å². The number of halogens is 1. The molecule has 1 unspecified atom stereocenters. The second-order valence-electron chi connectivity index (χ2n) is 5.90. The number of aromatic nitrogens is 2. The molecule has 0 spiro atoms. The molecule has 1 saturated heterocycles. The average molecular weight is 381 g/mol. The summed E-state index contributed by atoms with van der Waals surface area (Å²) in [5.41, 5.74) is 0.804. The van der Waals surface area contributed by atoms with Crippen LogP contribution in [0.2, 0.25) is 5.02 Å². The van der Waals surface area contributed by atoms with Gasteiger partial charge in [-0.1, -0.05) is 30.3 Å². The van der Waals surface area contributed by atoms with Crippen LogP contribution in [0.15, 0.2) is 33.9 Å². The molecule has 6 nitrogen and oxygen atoms in total. The largest absolute Gasteiger partial charge is 0.411 e. The van der Waals surface area contributed by atoms with Crippen molar-refractivity contribution >= 4 is 29.3 Å². The fourth-order valence-corrected chi connectivity index (χ4v) is 3.60. The molecule has 0 aliphatic carbocycles. The molecule has 2 heterocycles. The first-order valence-corrected chi connectivity index (χ1v) is 9.60. The summed E-state index contributed by atoms with van der Waals surface area (Å²) in [4.78, 5) is 16.9. The van der Waals surface area contributed by atoms with Crippen molar-refractivity contribution in [1.29, 1.82) is 0 Å². The molecule has 1 atom stereocenters. The number of nitrogens with zero attached hydrogens (tertiary/aromatic N) is 4. The minimum absolute atomic E-state index is 0.118. The minimum Gasteiger partial charge on any atom is -0.411 e. The highest BCUT2D eigenvalue weighted by atomic mass is 35.5. The van der Waals surface area contributed by atoms with Crippen LogP contribution in [0.4, 0.5) is 0 Å². The Balaban J connectivity index is 1.59. The Morgan fingerprint density at radius 3 is 2.56 bits per heavy atom. The number of carbonyl (C=O) groups excluding carboxylic acids is 1. The minimum atomic E-state index is -0.258. The van der Waals surface area contributed by atoms with Crippen molar-refractivity contribution in [3.8, 4) is 11.5 Å². The molecular formula is C17H21ClN4O2S. The summed E-state index contributed by atoms with van der Waals surface area (Å²) in [6.07, 6.45) is 0. The molecule has 3 rings (SSSR count). The van der Waals surface area contributed by atoms with Gasteiger partial charge in [0.2, 0.25) is 11.8 Å². The van der Waals surface area contributed by atoms with Gasteiger partial charge in [0.15, 0.2) is 0 Å². The smallest absolute Gasteiger partial charge is 0.277 e. The molecule has 134 valence electrons. The van der Waals surface area contributed by atoms with Crippen molar-refractivity contribution in [3.05, 3.63) is 29.3 Å². The van der Waals surface area contributed by atoms with Gasteiger partial charge in [-0.3, -0.25) is 4.79 Å². The molecule has 8 heteroatoms. The lowest BCUT2D eigenvalue weighted by Gasteiger charge is -2.35. The molecule has 25 heavy (non-hydrogen) atoms. The van der Waals surface area contributed by atoms with Crippen molar-refractivity contribution in [2.24, 2.45) is 0 Å². The quantitative estimate of drug-likeness (QED) is 0.743. The van der Waals surface area contributed by atoms with Gasteiger partial charge in [0, 0.05) is 36.8 Å². The summed E-state index contributed by atoms with van der Waals surface area (Å²) in [5.74, 6) is 0.544. The molecule has 1 aliphatic heterocycles. The van der Waals surface area contributed by atoms with E-state index >= 15 is 0 Å². The van der Waals surface area contributed by atoms with Crippen LogP contribution >= 0.6 is 23.4 Å². The van der Waals surface area contributed by atoms with Crippen LogP contribution in [0.1, 0.15) is 13.8 Å². The van der Waals surface area contributed by atoms with Gasteiger partial charge in [0.1, 0.15) is 0 Å². The summed E-state index contributed by atoms with van der Waals surface area (Å²) in [5, 5.41) is 8.89. The normalized spacial score (nSPS) is 16.8. The zero-order valence-corrected chi connectivity index (χ0v) is 15.9. The van der Waals surface area contributed by atoms with Crippen LogP contribution in [0, 0.1) is 0 Å². The molecule has 1 fully saturated rings. The Morgan fingerprint density at radius 2 is 1.92 bits per heavy atom. The van der Waals surface area contributed by atoms with Crippen molar-refractivity contribution in [3.63, 3.8) is 0 Å². The highest BCUT2D eigenvalue weighted by Crippen LogP contribution is 2.27. The van der Waals surface area contributed by atoms with Crippen molar-refractivity contribution in [2.45, 2.75) is 24.3 Å². The van der Waals surface area contributed by atoms with Gasteiger partial charge >= 0.3 is 0 Å². The number of hydrogen-bond donors (Lipinski definition) is 0. The first kappa shape index (κ1) is 18.2. The highest BCUT2D eigenvalue weighted by Gasteiger charge is 2.26. The average Bonchev–Trinajstić information content (AvgIpc) is 3.10. The maximum absolute atomic E-state index is 12.6. The number of benzene rings is 1. The van der Waals surface area contributed by atoms with Gasteiger partial charge in [0.25, 0.3) is 5.22 Å². The topological polar surface area (TPSA) is 62.5 Å². The summed E-state index contributed by atoms with van der Waals surface area (Å²) >= 11 is 7.18. The van der Waals surface area contributed by atoms with Crippen LogP contribution in [0.25, 0.3) is 11.5 Å². The molecule has 1 aromatic heterocycles. The van der Waals surface area contributed by atoms with Gasteiger partial charge in [-0.15, -0.1) is 10.2 Å². The standard InChI is InChI=1S/C17H21ClN4O2S/c1-3-21-8-10-22(11-9-21)16(23)12(2)25-17-20-19-15(24-17)13-4-6-14(18)7-5-13/h4-7,12H,3,8-11H2,1-2H3. The van der Waals surface area contributed by atoms with E-state index in [0.29, 0.717) is 16.1 Å². The number of rotatable bonds is 5. The Labute approximate surface area is 156 Å². The van der Waals surface area contributed by atoms with Crippen LogP contribution in [0.5, 0.6) is 0 Å². The van der Waals surface area contributed by atoms with Crippen molar-refractivity contribution in [1.82, 2.24) is 20.0 Å². The highest BCUT2D eigenvalue weighted by molar-refractivity contribution is 8.00. The van der Waals surface area contributed by atoms with Crippen LogP contribution < -0.4 is 0 Å². The molecule has 2 aromatic rings. The second-order valence-corrected chi connectivity index (χ2v) is 7.63. The monoisotopic (exact) mass is 380 g/mol. The first-order chi connectivity index (χ1) is 12.1. The van der Waals surface area contributed by atoms with E-state index in [1.165, 1.54) is 11.8 Å².